The van der Waals surface area contributed by atoms with Crippen molar-refractivity contribution in [2.75, 3.05) is 11.9 Å². The van der Waals surface area contributed by atoms with Gasteiger partial charge in [-0.1, -0.05) is 23.8 Å². The average Bonchev–Trinajstić information content (AvgIpc) is 2.45. The first kappa shape index (κ1) is 15.9. The highest BCUT2D eigenvalue weighted by atomic mass is 19.1. The van der Waals surface area contributed by atoms with E-state index in [1.807, 2.05) is 32.0 Å². The Morgan fingerprint density at radius 2 is 1.82 bits per heavy atom. The third kappa shape index (κ3) is 4.04. The maximum atomic E-state index is 13.4. The lowest BCUT2D eigenvalue weighted by Crippen LogP contribution is -2.17. The molecule has 0 spiro atoms. The van der Waals surface area contributed by atoms with Crippen molar-refractivity contribution in [3.63, 3.8) is 0 Å². The first-order chi connectivity index (χ1) is 10.5. The van der Waals surface area contributed by atoms with Crippen LogP contribution in [0.4, 0.5) is 14.5 Å². The van der Waals surface area contributed by atoms with Gasteiger partial charge in [0, 0.05) is 0 Å². The summed E-state index contributed by atoms with van der Waals surface area (Å²) >= 11 is 0. The molecular formula is C17H17F2NO2. The number of hydrogen-bond donors (Lipinski definition) is 1. The molecule has 0 unspecified atom stereocenters. The monoisotopic (exact) mass is 305 g/mol. The molecule has 0 heterocycles. The standard InChI is InChI=1S/C17H17F2NO2/c1-11-6-7-15(12(2)10-11)22-9-8-16(21)20-17-13(18)4-3-5-14(17)19/h3-7,10H,8-9H2,1-2H3,(H,20,21). The number of halogens is 2. The third-order valence-corrected chi connectivity index (χ3v) is 3.14. The Morgan fingerprint density at radius 1 is 1.14 bits per heavy atom. The molecule has 1 amide bonds. The number of carbonyl (C=O) groups is 1. The Bertz CT molecular complexity index is 666. The minimum absolute atomic E-state index is 0.00108. The summed E-state index contributed by atoms with van der Waals surface area (Å²) in [6, 6.07) is 9.14. The van der Waals surface area contributed by atoms with Crippen molar-refractivity contribution in [3.05, 3.63) is 59.2 Å². The number of aryl methyl sites for hydroxylation is 2. The lowest BCUT2D eigenvalue weighted by molar-refractivity contribution is -0.116. The van der Waals surface area contributed by atoms with E-state index in [1.54, 1.807) is 0 Å². The Kier molecular flexibility index (Phi) is 5.09. The van der Waals surface area contributed by atoms with Crippen LogP contribution < -0.4 is 10.1 Å². The molecule has 0 aliphatic carbocycles. The van der Waals surface area contributed by atoms with E-state index in [2.05, 4.69) is 5.32 Å². The number of carbonyl (C=O) groups excluding carboxylic acids is 1. The Balaban J connectivity index is 1.88. The highest BCUT2D eigenvalue weighted by Gasteiger charge is 2.12. The molecular weight excluding hydrogens is 288 g/mol. The number of ether oxygens (including phenoxy) is 1. The van der Waals surface area contributed by atoms with E-state index in [9.17, 15) is 13.6 Å². The van der Waals surface area contributed by atoms with E-state index in [4.69, 9.17) is 4.74 Å². The van der Waals surface area contributed by atoms with Crippen LogP contribution in [-0.2, 0) is 4.79 Å². The number of para-hydroxylation sites is 1. The lowest BCUT2D eigenvalue weighted by atomic mass is 10.1. The molecule has 22 heavy (non-hydrogen) atoms. The number of amides is 1. The molecule has 0 fully saturated rings. The van der Waals surface area contributed by atoms with Crippen molar-refractivity contribution < 1.29 is 18.3 Å². The summed E-state index contributed by atoms with van der Waals surface area (Å²) in [5.74, 6) is -1.42. The van der Waals surface area contributed by atoms with Gasteiger partial charge in [0.2, 0.25) is 5.91 Å². The average molecular weight is 305 g/mol. The zero-order chi connectivity index (χ0) is 16.1. The van der Waals surface area contributed by atoms with Gasteiger partial charge in [0.05, 0.1) is 13.0 Å². The number of hydrogen-bond acceptors (Lipinski definition) is 2. The molecule has 0 aliphatic rings. The maximum Gasteiger partial charge on any atom is 0.227 e. The van der Waals surface area contributed by atoms with Gasteiger partial charge in [-0.05, 0) is 37.6 Å². The van der Waals surface area contributed by atoms with E-state index in [-0.39, 0.29) is 13.0 Å². The van der Waals surface area contributed by atoms with Gasteiger partial charge in [0.25, 0.3) is 0 Å². The predicted octanol–water partition coefficient (Wildman–Crippen LogP) is 3.99. The summed E-state index contributed by atoms with van der Waals surface area (Å²) in [6.07, 6.45) is 0.00108. The smallest absolute Gasteiger partial charge is 0.227 e. The van der Waals surface area contributed by atoms with Gasteiger partial charge >= 0.3 is 0 Å². The van der Waals surface area contributed by atoms with Crippen molar-refractivity contribution in [1.82, 2.24) is 0 Å². The fraction of sp³-hybridized carbons (Fsp3) is 0.235. The van der Waals surface area contributed by atoms with E-state index >= 15 is 0 Å². The molecule has 116 valence electrons. The normalized spacial score (nSPS) is 10.4. The van der Waals surface area contributed by atoms with Crippen LogP contribution in [0.5, 0.6) is 5.75 Å². The molecule has 0 radical (unpaired) electrons. The lowest BCUT2D eigenvalue weighted by Gasteiger charge is -2.10. The second-order valence-electron chi connectivity index (χ2n) is 5.01. The number of benzene rings is 2. The molecule has 0 atom stereocenters. The summed E-state index contributed by atoms with van der Waals surface area (Å²) in [5.41, 5.74) is 1.66. The fourth-order valence-corrected chi connectivity index (χ4v) is 2.03. The topological polar surface area (TPSA) is 38.3 Å². The second-order valence-corrected chi connectivity index (χ2v) is 5.01. The molecule has 0 saturated heterocycles. The van der Waals surface area contributed by atoms with E-state index < -0.39 is 23.2 Å². The number of rotatable bonds is 5. The SMILES string of the molecule is Cc1ccc(OCCC(=O)Nc2c(F)cccc2F)c(C)c1. The Labute approximate surface area is 127 Å². The molecule has 3 nitrogen and oxygen atoms in total. The molecule has 0 saturated carbocycles. The summed E-state index contributed by atoms with van der Waals surface area (Å²) in [6.45, 7) is 4.02. The largest absolute Gasteiger partial charge is 0.493 e. The van der Waals surface area contributed by atoms with Crippen LogP contribution in [0.1, 0.15) is 17.5 Å². The molecule has 0 bridgehead atoms. The van der Waals surface area contributed by atoms with Crippen molar-refractivity contribution in [1.29, 1.82) is 0 Å². The van der Waals surface area contributed by atoms with E-state index in [0.717, 1.165) is 23.3 Å². The van der Waals surface area contributed by atoms with Crippen LogP contribution in [-0.4, -0.2) is 12.5 Å². The minimum Gasteiger partial charge on any atom is -0.493 e. The molecule has 2 rings (SSSR count). The maximum absolute atomic E-state index is 13.4. The third-order valence-electron chi connectivity index (χ3n) is 3.14. The quantitative estimate of drug-likeness (QED) is 0.907. The molecule has 5 heteroatoms. The predicted molar refractivity (Wildman–Crippen MR) is 81.0 cm³/mol. The highest BCUT2D eigenvalue weighted by molar-refractivity contribution is 5.91. The van der Waals surface area contributed by atoms with Crippen molar-refractivity contribution >= 4 is 11.6 Å². The minimum atomic E-state index is -0.802. The zero-order valence-electron chi connectivity index (χ0n) is 12.5. The van der Waals surface area contributed by atoms with Gasteiger partial charge in [0.15, 0.2) is 0 Å². The molecule has 1 N–H and O–H groups in total. The number of anilines is 1. The van der Waals surface area contributed by atoms with E-state index in [1.165, 1.54) is 6.07 Å². The van der Waals surface area contributed by atoms with Crippen LogP contribution in [0, 0.1) is 25.5 Å². The molecule has 0 aliphatic heterocycles. The van der Waals surface area contributed by atoms with Crippen LogP contribution in [0.15, 0.2) is 36.4 Å². The van der Waals surface area contributed by atoms with Crippen LogP contribution in [0.2, 0.25) is 0 Å². The first-order valence-corrected chi connectivity index (χ1v) is 6.91. The summed E-state index contributed by atoms with van der Waals surface area (Å²) < 4.78 is 32.3. The van der Waals surface area contributed by atoms with Gasteiger partial charge in [-0.3, -0.25) is 4.79 Å². The van der Waals surface area contributed by atoms with Gasteiger partial charge in [-0.25, -0.2) is 8.78 Å². The van der Waals surface area contributed by atoms with Gasteiger partial charge < -0.3 is 10.1 Å². The first-order valence-electron chi connectivity index (χ1n) is 6.91. The fourth-order valence-electron chi connectivity index (χ4n) is 2.03. The van der Waals surface area contributed by atoms with Gasteiger partial charge in [0.1, 0.15) is 23.1 Å². The van der Waals surface area contributed by atoms with Crippen molar-refractivity contribution in [2.24, 2.45) is 0 Å². The van der Waals surface area contributed by atoms with Gasteiger partial charge in [-0.2, -0.15) is 0 Å². The number of nitrogens with one attached hydrogen (secondary N) is 1. The Morgan fingerprint density at radius 3 is 2.45 bits per heavy atom. The molecule has 2 aromatic carbocycles. The van der Waals surface area contributed by atoms with Crippen LogP contribution >= 0.6 is 0 Å². The summed E-state index contributed by atoms with van der Waals surface area (Å²) in [5, 5.41) is 2.22. The van der Waals surface area contributed by atoms with E-state index in [0.29, 0.717) is 5.75 Å². The van der Waals surface area contributed by atoms with Crippen molar-refractivity contribution in [3.8, 4) is 5.75 Å². The summed E-state index contributed by atoms with van der Waals surface area (Å²) in [7, 11) is 0. The Hall–Kier alpha value is -2.43. The zero-order valence-corrected chi connectivity index (χ0v) is 12.5. The van der Waals surface area contributed by atoms with Gasteiger partial charge in [-0.15, -0.1) is 0 Å². The van der Waals surface area contributed by atoms with Crippen LogP contribution in [0.3, 0.4) is 0 Å². The molecule has 0 aromatic heterocycles. The molecule has 2 aromatic rings. The van der Waals surface area contributed by atoms with Crippen LogP contribution in [0.25, 0.3) is 0 Å². The highest BCUT2D eigenvalue weighted by Crippen LogP contribution is 2.20. The second kappa shape index (κ2) is 7.02. The van der Waals surface area contributed by atoms with Crippen molar-refractivity contribution in [2.45, 2.75) is 20.3 Å². The summed E-state index contributed by atoms with van der Waals surface area (Å²) in [4.78, 5) is 11.7.